The molecular weight excluding hydrogens is 210 g/mol. The molecule has 0 saturated carbocycles. The van der Waals surface area contributed by atoms with E-state index in [9.17, 15) is 5.11 Å². The summed E-state index contributed by atoms with van der Waals surface area (Å²) in [6, 6.07) is 8.21. The molecule has 1 aromatic rings. The zero-order valence-corrected chi connectivity index (χ0v) is 10.7. The van der Waals surface area contributed by atoms with Gasteiger partial charge in [-0.1, -0.05) is 36.8 Å². The van der Waals surface area contributed by atoms with E-state index in [1.54, 1.807) is 0 Å². The van der Waals surface area contributed by atoms with Gasteiger partial charge in [0.25, 0.3) is 0 Å². The summed E-state index contributed by atoms with van der Waals surface area (Å²) in [4.78, 5) is 2.36. The Hall–Kier alpha value is -1.28. The highest BCUT2D eigenvalue weighted by atomic mass is 16.3. The van der Waals surface area contributed by atoms with Crippen LogP contribution in [0.3, 0.4) is 0 Å². The Balaban J connectivity index is 2.28. The molecule has 17 heavy (non-hydrogen) atoms. The van der Waals surface area contributed by atoms with Gasteiger partial charge in [-0.3, -0.25) is 0 Å². The van der Waals surface area contributed by atoms with Crippen molar-refractivity contribution in [3.8, 4) is 0 Å². The Labute approximate surface area is 104 Å². The predicted molar refractivity (Wildman–Crippen MR) is 72.3 cm³/mol. The van der Waals surface area contributed by atoms with Gasteiger partial charge in [0.15, 0.2) is 0 Å². The van der Waals surface area contributed by atoms with Gasteiger partial charge in [-0.05, 0) is 25.8 Å². The van der Waals surface area contributed by atoms with Gasteiger partial charge < -0.3 is 10.0 Å². The minimum absolute atomic E-state index is 0.350. The maximum atomic E-state index is 10.1. The number of rotatable bonds is 3. The van der Waals surface area contributed by atoms with Crippen molar-refractivity contribution in [1.29, 1.82) is 0 Å². The highest BCUT2D eigenvalue weighted by molar-refractivity contribution is 5.56. The summed E-state index contributed by atoms with van der Waals surface area (Å²) < 4.78 is 0. The highest BCUT2D eigenvalue weighted by Gasteiger charge is 2.17. The number of para-hydroxylation sites is 1. The van der Waals surface area contributed by atoms with E-state index in [0.717, 1.165) is 31.5 Å². The van der Waals surface area contributed by atoms with Gasteiger partial charge in [0.05, 0.1) is 6.10 Å². The summed E-state index contributed by atoms with van der Waals surface area (Å²) in [5, 5.41) is 10.1. The molecule has 0 fully saturated rings. The van der Waals surface area contributed by atoms with E-state index in [-0.39, 0.29) is 6.10 Å². The lowest BCUT2D eigenvalue weighted by Crippen LogP contribution is -2.30. The molecule has 1 heterocycles. The van der Waals surface area contributed by atoms with Gasteiger partial charge >= 0.3 is 0 Å². The Morgan fingerprint density at radius 3 is 2.82 bits per heavy atom. The minimum Gasteiger partial charge on any atom is -0.388 e. The molecule has 0 saturated heterocycles. The normalized spacial score (nSPS) is 17.8. The average molecular weight is 231 g/mol. The fourth-order valence-corrected chi connectivity index (χ4v) is 2.39. The van der Waals surface area contributed by atoms with Crippen molar-refractivity contribution in [3.63, 3.8) is 0 Å². The van der Waals surface area contributed by atoms with Crippen LogP contribution >= 0.6 is 0 Å². The fourth-order valence-electron chi connectivity index (χ4n) is 2.39. The zero-order chi connectivity index (χ0) is 12.3. The van der Waals surface area contributed by atoms with Gasteiger partial charge in [-0.25, -0.2) is 0 Å². The van der Waals surface area contributed by atoms with Crippen molar-refractivity contribution in [2.45, 2.75) is 32.8 Å². The van der Waals surface area contributed by atoms with E-state index >= 15 is 0 Å². The minimum atomic E-state index is -0.350. The Bertz CT molecular complexity index is 411. The van der Waals surface area contributed by atoms with Gasteiger partial charge in [0.2, 0.25) is 0 Å². The molecule has 0 aliphatic carbocycles. The van der Waals surface area contributed by atoms with Crippen LogP contribution in [-0.4, -0.2) is 18.2 Å². The number of hydrogen-bond donors (Lipinski definition) is 1. The molecule has 0 radical (unpaired) electrons. The van der Waals surface area contributed by atoms with E-state index in [1.165, 1.54) is 11.3 Å². The molecule has 2 rings (SSSR count). The SMILES string of the molecule is CC[C@@H](O)c1ccccc1N1CCC=C(C)C1. The molecular formula is C15H21NO. The zero-order valence-electron chi connectivity index (χ0n) is 10.7. The second-order valence-electron chi connectivity index (χ2n) is 4.74. The molecule has 1 aliphatic rings. The lowest BCUT2D eigenvalue weighted by Gasteiger charge is -2.31. The molecule has 1 atom stereocenters. The first-order valence-corrected chi connectivity index (χ1v) is 6.40. The molecule has 1 aromatic carbocycles. The van der Waals surface area contributed by atoms with E-state index < -0.39 is 0 Å². The summed E-state index contributed by atoms with van der Waals surface area (Å²) in [5.41, 5.74) is 3.66. The molecule has 1 aliphatic heterocycles. The maximum Gasteiger partial charge on any atom is 0.0807 e. The predicted octanol–water partition coefficient (Wildman–Crippen LogP) is 3.29. The summed E-state index contributed by atoms with van der Waals surface area (Å²) in [6.45, 7) is 6.21. The summed E-state index contributed by atoms with van der Waals surface area (Å²) >= 11 is 0. The summed E-state index contributed by atoms with van der Waals surface area (Å²) in [7, 11) is 0. The molecule has 0 amide bonds. The fraction of sp³-hybridized carbons (Fsp3) is 0.467. The van der Waals surface area contributed by atoms with E-state index in [2.05, 4.69) is 30.0 Å². The van der Waals surface area contributed by atoms with Crippen LogP contribution < -0.4 is 4.90 Å². The second-order valence-corrected chi connectivity index (χ2v) is 4.74. The van der Waals surface area contributed by atoms with Crippen LogP contribution in [0.25, 0.3) is 0 Å². The Morgan fingerprint density at radius 2 is 2.12 bits per heavy atom. The van der Waals surface area contributed by atoms with Crippen molar-refractivity contribution in [2.24, 2.45) is 0 Å². The van der Waals surface area contributed by atoms with Crippen molar-refractivity contribution in [2.75, 3.05) is 18.0 Å². The van der Waals surface area contributed by atoms with E-state index in [0.29, 0.717) is 0 Å². The second kappa shape index (κ2) is 5.37. The van der Waals surface area contributed by atoms with Crippen LogP contribution in [0.15, 0.2) is 35.9 Å². The lowest BCUT2D eigenvalue weighted by molar-refractivity contribution is 0.174. The lowest BCUT2D eigenvalue weighted by atomic mass is 10.0. The van der Waals surface area contributed by atoms with Crippen molar-refractivity contribution < 1.29 is 5.11 Å². The van der Waals surface area contributed by atoms with Gasteiger partial charge in [-0.15, -0.1) is 0 Å². The topological polar surface area (TPSA) is 23.5 Å². The Kier molecular flexibility index (Phi) is 3.85. The number of aliphatic hydroxyl groups is 1. The van der Waals surface area contributed by atoms with Gasteiger partial charge in [0, 0.05) is 24.3 Å². The number of hydrogen-bond acceptors (Lipinski definition) is 2. The molecule has 2 nitrogen and oxygen atoms in total. The van der Waals surface area contributed by atoms with Gasteiger partial charge in [0.1, 0.15) is 0 Å². The van der Waals surface area contributed by atoms with Crippen LogP contribution in [0.4, 0.5) is 5.69 Å². The number of benzene rings is 1. The largest absolute Gasteiger partial charge is 0.388 e. The van der Waals surface area contributed by atoms with Crippen LogP contribution in [0.2, 0.25) is 0 Å². The van der Waals surface area contributed by atoms with E-state index in [1.807, 2.05) is 19.1 Å². The smallest absolute Gasteiger partial charge is 0.0807 e. The molecule has 92 valence electrons. The average Bonchev–Trinajstić information content (AvgIpc) is 2.38. The molecule has 1 N–H and O–H groups in total. The monoisotopic (exact) mass is 231 g/mol. The van der Waals surface area contributed by atoms with Gasteiger partial charge in [-0.2, -0.15) is 0 Å². The Morgan fingerprint density at radius 1 is 1.35 bits per heavy atom. The molecule has 0 unspecified atom stereocenters. The third-order valence-corrected chi connectivity index (χ3v) is 3.36. The number of nitrogens with zero attached hydrogens (tertiary/aromatic N) is 1. The molecule has 0 aromatic heterocycles. The molecule has 2 heteroatoms. The summed E-state index contributed by atoms with van der Waals surface area (Å²) in [5.74, 6) is 0. The third kappa shape index (κ3) is 2.70. The van der Waals surface area contributed by atoms with Crippen molar-refractivity contribution in [3.05, 3.63) is 41.5 Å². The first-order valence-electron chi connectivity index (χ1n) is 6.40. The van der Waals surface area contributed by atoms with Crippen molar-refractivity contribution in [1.82, 2.24) is 0 Å². The van der Waals surface area contributed by atoms with Crippen molar-refractivity contribution >= 4 is 5.69 Å². The third-order valence-electron chi connectivity index (χ3n) is 3.36. The first kappa shape index (κ1) is 12.2. The first-order chi connectivity index (χ1) is 8.22. The van der Waals surface area contributed by atoms with Crippen LogP contribution in [0, 0.1) is 0 Å². The quantitative estimate of drug-likeness (QED) is 0.807. The maximum absolute atomic E-state index is 10.1. The molecule has 0 spiro atoms. The van der Waals surface area contributed by atoms with Crippen LogP contribution in [0.5, 0.6) is 0 Å². The number of anilines is 1. The number of aliphatic hydroxyl groups excluding tert-OH is 1. The van der Waals surface area contributed by atoms with Crippen LogP contribution in [-0.2, 0) is 0 Å². The highest BCUT2D eigenvalue weighted by Crippen LogP contribution is 2.29. The molecule has 0 bridgehead atoms. The van der Waals surface area contributed by atoms with Crippen LogP contribution in [0.1, 0.15) is 38.4 Å². The van der Waals surface area contributed by atoms with E-state index in [4.69, 9.17) is 0 Å². The summed E-state index contributed by atoms with van der Waals surface area (Å²) in [6.07, 6.45) is 3.81. The standard InChI is InChI=1S/C15H21NO/c1-3-15(17)13-8-4-5-9-14(13)16-10-6-7-12(2)11-16/h4-5,7-9,15,17H,3,6,10-11H2,1-2H3/t15-/m1/s1.